The molecule has 0 spiro atoms. The van der Waals surface area contributed by atoms with Crippen LogP contribution < -0.4 is 36.6 Å². The van der Waals surface area contributed by atoms with Gasteiger partial charge in [0.05, 0.1) is 30.1 Å². The summed E-state index contributed by atoms with van der Waals surface area (Å²) >= 11 is 0. The van der Waals surface area contributed by atoms with Gasteiger partial charge in [0, 0.05) is 39.1 Å². The van der Waals surface area contributed by atoms with Crippen LogP contribution in [0.15, 0.2) is 120 Å². The van der Waals surface area contributed by atoms with Crippen LogP contribution >= 0.6 is 0 Å². The highest BCUT2D eigenvalue weighted by atomic mass is 16.5. The number of ether oxygens (including phenoxy) is 2. The van der Waals surface area contributed by atoms with E-state index in [1.54, 1.807) is 12.1 Å². The number of carbonyl (C=O) groups is 1. The zero-order valence-electron chi connectivity index (χ0n) is 40.7. The Bertz CT molecular complexity index is 2570. The van der Waals surface area contributed by atoms with Gasteiger partial charge >= 0.3 is 0 Å². The van der Waals surface area contributed by atoms with E-state index in [0.717, 1.165) is 76.2 Å². The Morgan fingerprint density at radius 2 is 1.07 bits per heavy atom. The molecular weight excluding hydrogens is 838 g/mol. The van der Waals surface area contributed by atoms with E-state index in [1.165, 1.54) is 103 Å². The second-order valence-corrected chi connectivity index (χ2v) is 18.6. The van der Waals surface area contributed by atoms with Crippen LogP contribution in [0, 0.1) is 5.41 Å². The molecule has 0 unspecified atom stereocenters. The zero-order chi connectivity index (χ0) is 47.5. The molecule has 0 heterocycles. The highest BCUT2D eigenvalue weighted by Gasteiger charge is 2.39. The first-order valence-electron chi connectivity index (χ1n) is 25.7. The number of nitrogens with two attached hydrogens (primary N) is 1. The molecule has 0 saturated heterocycles. The number of anilines is 3. The number of benzene rings is 5. The van der Waals surface area contributed by atoms with Gasteiger partial charge in [-0.2, -0.15) is 0 Å². The van der Waals surface area contributed by atoms with Crippen LogP contribution in [-0.2, 0) is 4.79 Å². The molecule has 5 aromatic rings. The minimum atomic E-state index is -0.336. The lowest BCUT2D eigenvalue weighted by molar-refractivity contribution is -0.111. The number of carbonyl (C=O) groups excluding carboxylic acids is 1. The molecule has 2 aliphatic carbocycles. The molecule has 2 aliphatic rings. The minimum Gasteiger partial charge on any atom is -0.506 e. The Hall–Kier alpha value is -6.15. The van der Waals surface area contributed by atoms with Crippen molar-refractivity contribution in [2.45, 2.75) is 129 Å². The van der Waals surface area contributed by atoms with E-state index in [0.29, 0.717) is 37.2 Å². The van der Waals surface area contributed by atoms with Crippen molar-refractivity contribution in [3.63, 3.8) is 0 Å². The third-order valence-corrected chi connectivity index (χ3v) is 13.4. The third kappa shape index (κ3) is 13.1. The van der Waals surface area contributed by atoms with E-state index < -0.39 is 0 Å². The topological polar surface area (TPSA) is 130 Å². The molecule has 0 amide bonds. The molecule has 0 bridgehead atoms. The van der Waals surface area contributed by atoms with Crippen LogP contribution in [0.3, 0.4) is 0 Å². The quantitative estimate of drug-likeness (QED) is 0.0140. The Morgan fingerprint density at radius 3 is 1.62 bits per heavy atom. The third-order valence-electron chi connectivity index (χ3n) is 13.4. The molecule has 0 aliphatic heterocycles. The van der Waals surface area contributed by atoms with Crippen molar-refractivity contribution in [3.8, 4) is 11.5 Å². The van der Waals surface area contributed by atoms with Gasteiger partial charge in [0.25, 0.3) is 14.8 Å². The summed E-state index contributed by atoms with van der Waals surface area (Å²) in [5.41, 5.74) is 14.0. The predicted octanol–water partition coefficient (Wildman–Crippen LogP) is 12.7. The number of aliphatic hydroxyl groups excluding tert-OH is 1. The maximum atomic E-state index is 14.1. The summed E-state index contributed by atoms with van der Waals surface area (Å²) in [5, 5.41) is 29.8. The number of allylic oxidation sites excluding steroid dienone is 4. The van der Waals surface area contributed by atoms with E-state index in [9.17, 15) is 15.3 Å². The van der Waals surface area contributed by atoms with Gasteiger partial charge in [-0.15, -0.1) is 0 Å². The predicted molar refractivity (Wildman–Crippen MR) is 291 cm³/mol. The van der Waals surface area contributed by atoms with Crippen molar-refractivity contribution in [1.29, 1.82) is 5.41 Å². The Balaban J connectivity index is 0.939. The van der Waals surface area contributed by atoms with E-state index >= 15 is 0 Å². The van der Waals surface area contributed by atoms with E-state index in [4.69, 9.17) is 15.2 Å². The van der Waals surface area contributed by atoms with E-state index in [1.807, 2.05) is 72.8 Å². The first-order valence-corrected chi connectivity index (χ1v) is 25.7. The number of hydrogen-bond acceptors (Lipinski definition) is 8. The Morgan fingerprint density at radius 1 is 0.574 bits per heavy atom. The van der Waals surface area contributed by atoms with E-state index in [2.05, 4.69) is 48.6 Å². The summed E-state index contributed by atoms with van der Waals surface area (Å²) in [7, 11) is 1.11. The molecule has 68 heavy (non-hydrogen) atoms. The number of fused-ring (bicyclic) bond motifs is 2. The number of ketones is 1. The fourth-order valence-corrected chi connectivity index (χ4v) is 9.42. The first kappa shape index (κ1) is 49.7. The number of aliphatic hydroxyl groups is 1. The summed E-state index contributed by atoms with van der Waals surface area (Å²) < 4.78 is 12.1. The number of rotatable bonds is 29. The van der Waals surface area contributed by atoms with Crippen molar-refractivity contribution in [2.75, 3.05) is 29.4 Å². The molecule has 6 N–H and O–H groups in total. The van der Waals surface area contributed by atoms with Crippen LogP contribution in [0.4, 0.5) is 17.1 Å². The molecule has 7 rings (SSSR count). The smallest absolute Gasteiger partial charge is 0.267 e. The highest BCUT2D eigenvalue weighted by Crippen LogP contribution is 2.45. The number of Topliss-reactive ketones (excluding diaryl/α,β-unsaturated/α-hetero) is 1. The zero-order valence-corrected chi connectivity index (χ0v) is 40.7. The Kier molecular flexibility index (Phi) is 18.9. The highest BCUT2D eigenvalue weighted by molar-refractivity contribution is 6.58. The van der Waals surface area contributed by atoms with Gasteiger partial charge in [-0.25, -0.2) is 0 Å². The lowest BCUT2D eigenvalue weighted by atomic mass is 9.76. The summed E-state index contributed by atoms with van der Waals surface area (Å²) in [6.07, 6.45) is 26.8. The maximum absolute atomic E-state index is 14.1. The molecule has 354 valence electrons. The molecule has 8 nitrogen and oxygen atoms in total. The Labute approximate surface area is 406 Å². The molecule has 0 fully saturated rings. The van der Waals surface area contributed by atoms with Crippen LogP contribution in [-0.4, -0.2) is 44.6 Å². The summed E-state index contributed by atoms with van der Waals surface area (Å²) in [4.78, 5) is 14.1. The average Bonchev–Trinajstić information content (AvgIpc) is 3.36. The molecule has 0 saturated carbocycles. The van der Waals surface area contributed by atoms with E-state index in [-0.39, 0.29) is 28.4 Å². The molecule has 0 atom stereocenters. The number of nitrogens with one attached hydrogen (secondary N) is 3. The van der Waals surface area contributed by atoms with Crippen molar-refractivity contribution >= 4 is 76.7 Å². The first-order chi connectivity index (χ1) is 33.4. The van der Waals surface area contributed by atoms with Gasteiger partial charge in [-0.1, -0.05) is 200 Å². The summed E-state index contributed by atoms with van der Waals surface area (Å²) in [6.45, 7) is 5.98. The molecule has 10 heteroatoms. The summed E-state index contributed by atoms with van der Waals surface area (Å²) in [6, 6.07) is 31.9. The second kappa shape index (κ2) is 25.8. The number of nitrogen functional groups attached to an aromatic ring is 1. The molecule has 0 radical (unpaired) electrons. The maximum Gasteiger partial charge on any atom is 0.267 e. The van der Waals surface area contributed by atoms with Crippen molar-refractivity contribution in [3.05, 3.63) is 137 Å². The SMILES string of the molecule is CCCCCCCCCCCCOc1ccc(BNc2cccc3c2C(=N)/C(=C2\C(=O)C(c4ccc5cccc(NBc6ccc(OCCCCCCCCCC)cc6)c5c4N)=C2O)C=C3)cc1. The number of unbranched alkanes of at least 4 members (excludes halogenated alkanes) is 16. The average molecular weight is 911 g/mol. The molecular formula is C58H72B2N4O4. The second-order valence-electron chi connectivity index (χ2n) is 18.6. The normalized spacial score (nSPS) is 14.2. The van der Waals surface area contributed by atoms with Crippen LogP contribution in [0.1, 0.15) is 146 Å². The lowest BCUT2D eigenvalue weighted by Gasteiger charge is -2.27. The van der Waals surface area contributed by atoms with Crippen molar-refractivity contribution in [2.24, 2.45) is 0 Å². The van der Waals surface area contributed by atoms with Crippen LogP contribution in [0.2, 0.25) is 0 Å². The van der Waals surface area contributed by atoms with Gasteiger partial charge in [0.1, 0.15) is 17.3 Å². The van der Waals surface area contributed by atoms with Crippen LogP contribution in [0.5, 0.6) is 11.5 Å². The van der Waals surface area contributed by atoms with Gasteiger partial charge in [-0.05, 0) is 60.2 Å². The number of hydrogen-bond donors (Lipinski definition) is 5. The van der Waals surface area contributed by atoms with Crippen molar-refractivity contribution in [1.82, 2.24) is 0 Å². The standard InChI is InChI=1S/C58H72B2N4O4/c1-3-5-7-9-11-13-14-16-18-20-40-68-46-35-31-44(32-36-46)60-64-50-26-22-24-42-28-38-48(56(62)52(42)50)54-57(65)53(58(54)66)47-37-27-41-23-21-25-49(51(41)55(47)61)63-59-43-29-33-45(34-30-43)67-39-19-17-15-12-10-8-6-4-2/h21-38,59-60,62-65H,3-20,39-40,61H2,1-2H3/b54-48-,62-56?. The molecule has 0 aromatic heterocycles. The van der Waals surface area contributed by atoms with Gasteiger partial charge in [-0.3, -0.25) is 10.2 Å². The van der Waals surface area contributed by atoms with Crippen LogP contribution in [0.25, 0.3) is 22.4 Å². The lowest BCUT2D eigenvalue weighted by Crippen LogP contribution is -2.27. The minimum absolute atomic E-state index is 0.131. The van der Waals surface area contributed by atoms with Crippen molar-refractivity contribution < 1.29 is 19.4 Å². The largest absolute Gasteiger partial charge is 0.506 e. The fraction of sp³-hybridized carbons (Fsp3) is 0.379. The molecule has 5 aromatic carbocycles. The fourth-order valence-electron chi connectivity index (χ4n) is 9.42. The monoisotopic (exact) mass is 911 g/mol. The summed E-state index contributed by atoms with van der Waals surface area (Å²) in [5.74, 6) is 1.26. The van der Waals surface area contributed by atoms with Gasteiger partial charge < -0.3 is 30.8 Å². The van der Waals surface area contributed by atoms with Gasteiger partial charge in [0.15, 0.2) is 0 Å². The van der Waals surface area contributed by atoms with Gasteiger partial charge in [0.2, 0.25) is 5.78 Å².